The largest absolute Gasteiger partial charge is 0.478 e. The van der Waals surface area contributed by atoms with Gasteiger partial charge in [-0.2, -0.15) is 0 Å². The maximum Gasteiger partial charge on any atom is 0.337 e. The Labute approximate surface area is 110 Å². The molecule has 0 saturated carbocycles. The van der Waals surface area contributed by atoms with Crippen LogP contribution in [0.4, 0.5) is 14.9 Å². The number of carbonyl (C=O) groups excluding carboxylic acids is 1. The number of nitrogens with one attached hydrogen (secondary N) is 2. The minimum absolute atomic E-state index is 0.0353. The summed E-state index contributed by atoms with van der Waals surface area (Å²) in [5.74, 6) is -1.83. The molecule has 1 atom stereocenters. The smallest absolute Gasteiger partial charge is 0.337 e. The molecule has 0 bridgehead atoms. The molecule has 6 heteroatoms. The number of carbonyl (C=O) groups is 2. The zero-order valence-corrected chi connectivity index (χ0v) is 10.9. The van der Waals surface area contributed by atoms with Crippen molar-refractivity contribution in [3.8, 4) is 0 Å². The first-order valence-electron chi connectivity index (χ1n) is 6.04. The molecule has 0 aromatic heterocycles. The SMILES string of the molecule is CCCC(C)NC(=O)Nc1cc(F)ccc1C(=O)O. The molecule has 19 heavy (non-hydrogen) atoms. The van der Waals surface area contributed by atoms with Crippen molar-refractivity contribution in [1.29, 1.82) is 0 Å². The third-order valence-electron chi connectivity index (χ3n) is 2.56. The van der Waals surface area contributed by atoms with Gasteiger partial charge in [-0.3, -0.25) is 0 Å². The lowest BCUT2D eigenvalue weighted by atomic mass is 10.1. The second kappa shape index (κ2) is 6.72. The Balaban J connectivity index is 2.78. The van der Waals surface area contributed by atoms with Gasteiger partial charge >= 0.3 is 12.0 Å². The van der Waals surface area contributed by atoms with Gasteiger partial charge in [-0.1, -0.05) is 13.3 Å². The molecule has 2 amide bonds. The van der Waals surface area contributed by atoms with Crippen molar-refractivity contribution >= 4 is 17.7 Å². The van der Waals surface area contributed by atoms with Crippen LogP contribution in [0.25, 0.3) is 0 Å². The number of carboxylic acid groups (broad SMARTS) is 1. The van der Waals surface area contributed by atoms with E-state index < -0.39 is 17.8 Å². The molecular formula is C13H17FN2O3. The van der Waals surface area contributed by atoms with Crippen LogP contribution in [0.5, 0.6) is 0 Å². The molecule has 1 aromatic rings. The summed E-state index contributed by atoms with van der Waals surface area (Å²) < 4.78 is 13.1. The van der Waals surface area contributed by atoms with E-state index in [1.54, 1.807) is 0 Å². The molecule has 1 rings (SSSR count). The van der Waals surface area contributed by atoms with Gasteiger partial charge in [-0.05, 0) is 31.5 Å². The van der Waals surface area contributed by atoms with E-state index in [-0.39, 0.29) is 17.3 Å². The molecule has 0 aliphatic rings. The molecule has 1 unspecified atom stereocenters. The molecule has 0 saturated heterocycles. The first-order valence-corrected chi connectivity index (χ1v) is 6.04. The van der Waals surface area contributed by atoms with Gasteiger partial charge in [-0.15, -0.1) is 0 Å². The second-order valence-corrected chi connectivity index (χ2v) is 4.28. The second-order valence-electron chi connectivity index (χ2n) is 4.28. The summed E-state index contributed by atoms with van der Waals surface area (Å²) in [5.41, 5.74) is -0.214. The molecule has 0 aliphatic heterocycles. The molecule has 0 spiro atoms. The third-order valence-corrected chi connectivity index (χ3v) is 2.56. The van der Waals surface area contributed by atoms with Crippen LogP contribution < -0.4 is 10.6 Å². The highest BCUT2D eigenvalue weighted by atomic mass is 19.1. The van der Waals surface area contributed by atoms with Gasteiger partial charge < -0.3 is 15.7 Å². The van der Waals surface area contributed by atoms with Crippen molar-refractivity contribution in [1.82, 2.24) is 5.32 Å². The molecule has 0 radical (unpaired) electrons. The lowest BCUT2D eigenvalue weighted by molar-refractivity contribution is 0.0698. The van der Waals surface area contributed by atoms with Gasteiger partial charge in [0.1, 0.15) is 5.82 Å². The van der Waals surface area contributed by atoms with Crippen molar-refractivity contribution in [3.05, 3.63) is 29.6 Å². The molecule has 104 valence electrons. The number of rotatable bonds is 5. The Morgan fingerprint density at radius 1 is 1.42 bits per heavy atom. The number of hydrogen-bond acceptors (Lipinski definition) is 2. The highest BCUT2D eigenvalue weighted by molar-refractivity contribution is 6.00. The summed E-state index contributed by atoms with van der Waals surface area (Å²) in [6, 6.07) is 2.54. The molecule has 0 heterocycles. The first-order chi connectivity index (χ1) is 8.93. The maximum atomic E-state index is 13.1. The monoisotopic (exact) mass is 268 g/mol. The van der Waals surface area contributed by atoms with Crippen LogP contribution in [-0.4, -0.2) is 23.1 Å². The van der Waals surface area contributed by atoms with Crippen molar-refractivity contribution in [3.63, 3.8) is 0 Å². The highest BCUT2D eigenvalue weighted by Crippen LogP contribution is 2.17. The zero-order valence-electron chi connectivity index (χ0n) is 10.9. The van der Waals surface area contributed by atoms with Gasteiger partial charge in [0.05, 0.1) is 11.3 Å². The molecule has 5 nitrogen and oxygen atoms in total. The predicted octanol–water partition coefficient (Wildman–Crippen LogP) is 2.83. The standard InChI is InChI=1S/C13H17FN2O3/c1-3-4-8(2)15-13(19)16-11-7-9(14)5-6-10(11)12(17)18/h5-8H,3-4H2,1-2H3,(H,17,18)(H2,15,16,19). The van der Waals surface area contributed by atoms with E-state index in [9.17, 15) is 14.0 Å². The van der Waals surface area contributed by atoms with Gasteiger partial charge in [0.25, 0.3) is 0 Å². The molecule has 0 fully saturated rings. The fourth-order valence-corrected chi connectivity index (χ4v) is 1.69. The summed E-state index contributed by atoms with van der Waals surface area (Å²) >= 11 is 0. The molecule has 1 aromatic carbocycles. The number of carboxylic acids is 1. The number of amides is 2. The van der Waals surface area contributed by atoms with Gasteiger partial charge in [-0.25, -0.2) is 14.0 Å². The Hall–Kier alpha value is -2.11. The lowest BCUT2D eigenvalue weighted by Crippen LogP contribution is -2.36. The van der Waals surface area contributed by atoms with Gasteiger partial charge in [0.15, 0.2) is 0 Å². The van der Waals surface area contributed by atoms with Crippen LogP contribution >= 0.6 is 0 Å². The predicted molar refractivity (Wildman–Crippen MR) is 69.9 cm³/mol. The van der Waals surface area contributed by atoms with Crippen LogP contribution in [0.15, 0.2) is 18.2 Å². The Bertz CT molecular complexity index is 477. The van der Waals surface area contributed by atoms with Crippen LogP contribution in [-0.2, 0) is 0 Å². The van der Waals surface area contributed by atoms with E-state index >= 15 is 0 Å². The van der Waals surface area contributed by atoms with Crippen molar-refractivity contribution in [2.24, 2.45) is 0 Å². The molecule has 0 aliphatic carbocycles. The van der Waals surface area contributed by atoms with Crippen LogP contribution in [0.2, 0.25) is 0 Å². The number of benzene rings is 1. The van der Waals surface area contributed by atoms with Gasteiger partial charge in [0.2, 0.25) is 0 Å². The van der Waals surface area contributed by atoms with Crippen molar-refractivity contribution in [2.75, 3.05) is 5.32 Å². The van der Waals surface area contributed by atoms with E-state index in [0.29, 0.717) is 0 Å². The number of halogens is 1. The quantitative estimate of drug-likeness (QED) is 0.768. The molecule has 3 N–H and O–H groups in total. The topological polar surface area (TPSA) is 78.4 Å². The fourth-order valence-electron chi connectivity index (χ4n) is 1.69. The summed E-state index contributed by atoms with van der Waals surface area (Å²) in [4.78, 5) is 22.6. The summed E-state index contributed by atoms with van der Waals surface area (Å²) in [6.45, 7) is 3.83. The van der Waals surface area contributed by atoms with Crippen molar-refractivity contribution < 1.29 is 19.1 Å². The first kappa shape index (κ1) is 14.9. The van der Waals surface area contributed by atoms with Crippen LogP contribution in [0.3, 0.4) is 0 Å². The van der Waals surface area contributed by atoms with E-state index in [1.165, 1.54) is 0 Å². The summed E-state index contributed by atoms with van der Waals surface area (Å²) in [5, 5.41) is 13.9. The maximum absolute atomic E-state index is 13.1. The Kier molecular flexibility index (Phi) is 5.29. The van der Waals surface area contributed by atoms with E-state index in [0.717, 1.165) is 31.0 Å². The van der Waals surface area contributed by atoms with Crippen molar-refractivity contribution in [2.45, 2.75) is 32.7 Å². The fraction of sp³-hybridized carbons (Fsp3) is 0.385. The summed E-state index contributed by atoms with van der Waals surface area (Å²) in [7, 11) is 0. The Morgan fingerprint density at radius 3 is 2.68 bits per heavy atom. The zero-order chi connectivity index (χ0) is 14.4. The van der Waals surface area contributed by atoms with E-state index in [2.05, 4.69) is 10.6 Å². The minimum Gasteiger partial charge on any atom is -0.478 e. The summed E-state index contributed by atoms with van der Waals surface area (Å²) in [6.07, 6.45) is 1.73. The van der Waals surface area contributed by atoms with Gasteiger partial charge in [0, 0.05) is 6.04 Å². The van der Waals surface area contributed by atoms with Crippen LogP contribution in [0, 0.1) is 5.82 Å². The molecular weight excluding hydrogens is 251 g/mol. The van der Waals surface area contributed by atoms with E-state index in [1.807, 2.05) is 13.8 Å². The minimum atomic E-state index is -1.23. The average Bonchev–Trinajstić information content (AvgIpc) is 2.28. The van der Waals surface area contributed by atoms with E-state index in [4.69, 9.17) is 5.11 Å². The third kappa shape index (κ3) is 4.57. The van der Waals surface area contributed by atoms with Crippen LogP contribution in [0.1, 0.15) is 37.0 Å². The number of aromatic carboxylic acids is 1. The lowest BCUT2D eigenvalue weighted by Gasteiger charge is -2.14. The number of hydrogen-bond donors (Lipinski definition) is 3. The average molecular weight is 268 g/mol. The highest BCUT2D eigenvalue weighted by Gasteiger charge is 2.14. The Morgan fingerprint density at radius 2 is 2.11 bits per heavy atom. The normalized spacial score (nSPS) is 11.7. The number of anilines is 1. The number of urea groups is 1.